The Morgan fingerprint density at radius 1 is 0.966 bits per heavy atom. The minimum atomic E-state index is -1.77. The molecule has 2 saturated heterocycles. The van der Waals surface area contributed by atoms with Crippen LogP contribution in [0.3, 0.4) is 0 Å². The van der Waals surface area contributed by atoms with E-state index in [2.05, 4.69) is 11.9 Å². The number of carbonyl (C=O) groups excluding carboxylic acids is 1. The summed E-state index contributed by atoms with van der Waals surface area (Å²) in [7, 11) is 0. The Kier molecular flexibility index (Phi) is 8.72. The highest BCUT2D eigenvalue weighted by Crippen LogP contribution is 2.28. The van der Waals surface area contributed by atoms with Crippen molar-refractivity contribution in [3.8, 4) is 0 Å². The number of amides is 1. The second kappa shape index (κ2) is 10.6. The first kappa shape index (κ1) is 23.9. The Bertz CT molecular complexity index is 548. The lowest BCUT2D eigenvalue weighted by Crippen LogP contribution is -2.67. The Morgan fingerprint density at radius 3 is 2.21 bits per heavy atom. The van der Waals surface area contributed by atoms with Crippen molar-refractivity contribution in [1.82, 2.24) is 5.32 Å². The number of carbonyl (C=O) groups is 1. The highest BCUT2D eigenvalue weighted by atomic mass is 16.7. The molecule has 2 heterocycles. The lowest BCUT2D eigenvalue weighted by atomic mass is 9.95. The normalized spacial score (nSPS) is 42.9. The molecule has 0 radical (unpaired) electrons. The van der Waals surface area contributed by atoms with Gasteiger partial charge in [-0.05, 0) is 0 Å². The first-order chi connectivity index (χ1) is 13.7. The number of hydrogen-bond donors (Lipinski definition) is 8. The molecule has 8 N–H and O–H groups in total. The van der Waals surface area contributed by atoms with E-state index >= 15 is 0 Å². The number of rotatable bonds is 7. The number of alkyl carbamates (subject to hydrolysis) is 1. The van der Waals surface area contributed by atoms with Crippen LogP contribution in [0.5, 0.6) is 0 Å². The van der Waals surface area contributed by atoms with Gasteiger partial charge in [-0.1, -0.05) is 12.7 Å². The molecule has 29 heavy (non-hydrogen) atoms. The van der Waals surface area contributed by atoms with E-state index in [1.165, 1.54) is 6.08 Å². The quantitative estimate of drug-likeness (QED) is 0.182. The van der Waals surface area contributed by atoms with Crippen LogP contribution < -0.4 is 5.32 Å². The van der Waals surface area contributed by atoms with Crippen molar-refractivity contribution in [3.05, 3.63) is 12.7 Å². The molecule has 13 heteroatoms. The van der Waals surface area contributed by atoms with Crippen LogP contribution in [0.1, 0.15) is 0 Å². The van der Waals surface area contributed by atoms with Crippen LogP contribution in [-0.2, 0) is 18.9 Å². The number of nitrogens with one attached hydrogen (secondary N) is 1. The summed E-state index contributed by atoms with van der Waals surface area (Å²) < 4.78 is 20.5. The van der Waals surface area contributed by atoms with E-state index in [0.29, 0.717) is 0 Å². The van der Waals surface area contributed by atoms with E-state index in [1.807, 2.05) is 0 Å². The minimum absolute atomic E-state index is 0.129. The molecular weight excluding hydrogens is 398 g/mol. The molecule has 1 amide bonds. The van der Waals surface area contributed by atoms with E-state index in [1.54, 1.807) is 0 Å². The molecule has 0 aliphatic carbocycles. The third kappa shape index (κ3) is 5.40. The van der Waals surface area contributed by atoms with Gasteiger partial charge in [0.1, 0.15) is 55.4 Å². The lowest BCUT2D eigenvalue weighted by molar-refractivity contribution is -0.345. The zero-order valence-corrected chi connectivity index (χ0v) is 15.4. The Balaban J connectivity index is 2.13. The summed E-state index contributed by atoms with van der Waals surface area (Å²) in [6, 6.07) is -1.44. The van der Waals surface area contributed by atoms with E-state index in [-0.39, 0.29) is 6.61 Å². The average molecular weight is 425 g/mol. The molecule has 0 aromatic carbocycles. The van der Waals surface area contributed by atoms with E-state index in [4.69, 9.17) is 18.9 Å². The molecule has 168 valence electrons. The van der Waals surface area contributed by atoms with E-state index in [9.17, 15) is 40.5 Å². The highest BCUT2D eigenvalue weighted by molar-refractivity contribution is 5.67. The van der Waals surface area contributed by atoms with Crippen molar-refractivity contribution in [2.24, 2.45) is 0 Å². The maximum absolute atomic E-state index is 11.7. The molecule has 13 nitrogen and oxygen atoms in total. The van der Waals surface area contributed by atoms with Gasteiger partial charge in [-0.2, -0.15) is 0 Å². The summed E-state index contributed by atoms with van der Waals surface area (Å²) in [5, 5.41) is 71.2. The number of aliphatic hydroxyl groups excluding tert-OH is 7. The smallest absolute Gasteiger partial charge is 0.407 e. The number of hydrogen-bond acceptors (Lipinski definition) is 12. The summed E-state index contributed by atoms with van der Waals surface area (Å²) in [5.74, 6) is 0. The molecule has 0 saturated carbocycles. The van der Waals surface area contributed by atoms with Crippen LogP contribution in [0.4, 0.5) is 4.79 Å². The van der Waals surface area contributed by atoms with Crippen LogP contribution >= 0.6 is 0 Å². The van der Waals surface area contributed by atoms with E-state index in [0.717, 1.165) is 0 Å². The second-order valence-electron chi connectivity index (χ2n) is 6.59. The molecular formula is C16H27NO12. The van der Waals surface area contributed by atoms with Gasteiger partial charge in [0, 0.05) is 0 Å². The Hall–Kier alpha value is -1.39. The molecule has 2 aliphatic heterocycles. The molecule has 0 spiro atoms. The molecule has 0 aromatic rings. The van der Waals surface area contributed by atoms with Crippen LogP contribution in [-0.4, -0.2) is 123 Å². The maximum atomic E-state index is 11.7. The lowest BCUT2D eigenvalue weighted by Gasteiger charge is -2.46. The van der Waals surface area contributed by atoms with Gasteiger partial charge in [0.25, 0.3) is 0 Å². The molecule has 2 rings (SSSR count). The summed E-state index contributed by atoms with van der Waals surface area (Å²) in [5.41, 5.74) is 0. The minimum Gasteiger partial charge on any atom is -0.445 e. The van der Waals surface area contributed by atoms with Crippen LogP contribution in [0, 0.1) is 0 Å². The van der Waals surface area contributed by atoms with Gasteiger partial charge in [-0.25, -0.2) is 4.79 Å². The van der Waals surface area contributed by atoms with Gasteiger partial charge >= 0.3 is 6.09 Å². The van der Waals surface area contributed by atoms with Crippen LogP contribution in [0.2, 0.25) is 0 Å². The summed E-state index contributed by atoms with van der Waals surface area (Å²) in [6.07, 6.45) is -13.8. The molecule has 0 aromatic heterocycles. The first-order valence-corrected chi connectivity index (χ1v) is 8.87. The fourth-order valence-corrected chi connectivity index (χ4v) is 3.05. The zero-order valence-electron chi connectivity index (χ0n) is 15.4. The molecule has 10 atom stereocenters. The predicted molar refractivity (Wildman–Crippen MR) is 91.1 cm³/mol. The molecule has 5 unspecified atom stereocenters. The van der Waals surface area contributed by atoms with Gasteiger partial charge < -0.3 is 60.0 Å². The largest absolute Gasteiger partial charge is 0.445 e. The third-order valence-corrected chi connectivity index (χ3v) is 4.63. The summed E-state index contributed by atoms with van der Waals surface area (Å²) in [6.45, 7) is 1.82. The SMILES string of the molecule is C=CCOC(=O)NC1C(O)OC(CO)[C@@H](O[C@@H]2OC(CO)[C@H](O)[C@H](O)C2O)[C@@H]1O. The number of aliphatic hydroxyl groups is 7. The van der Waals surface area contributed by atoms with Gasteiger partial charge in [0.2, 0.25) is 0 Å². The van der Waals surface area contributed by atoms with Crippen LogP contribution in [0.25, 0.3) is 0 Å². The second-order valence-corrected chi connectivity index (χ2v) is 6.59. The van der Waals surface area contributed by atoms with Crippen LogP contribution in [0.15, 0.2) is 12.7 Å². The van der Waals surface area contributed by atoms with Crippen molar-refractivity contribution >= 4 is 6.09 Å². The Labute approximate surface area is 165 Å². The summed E-state index contributed by atoms with van der Waals surface area (Å²) in [4.78, 5) is 11.7. The number of ether oxygens (including phenoxy) is 4. The monoisotopic (exact) mass is 425 g/mol. The fourth-order valence-electron chi connectivity index (χ4n) is 3.05. The Morgan fingerprint density at radius 2 is 1.62 bits per heavy atom. The van der Waals surface area contributed by atoms with Crippen molar-refractivity contribution in [2.45, 2.75) is 61.3 Å². The van der Waals surface area contributed by atoms with Crippen molar-refractivity contribution in [1.29, 1.82) is 0 Å². The topological polar surface area (TPSA) is 208 Å². The maximum Gasteiger partial charge on any atom is 0.407 e. The van der Waals surface area contributed by atoms with Crippen molar-refractivity contribution < 1.29 is 59.5 Å². The van der Waals surface area contributed by atoms with Crippen molar-refractivity contribution in [3.63, 3.8) is 0 Å². The van der Waals surface area contributed by atoms with Gasteiger partial charge in [-0.3, -0.25) is 0 Å². The first-order valence-electron chi connectivity index (χ1n) is 8.87. The van der Waals surface area contributed by atoms with Gasteiger partial charge in [0.15, 0.2) is 12.6 Å². The molecule has 2 aliphatic rings. The fraction of sp³-hybridized carbons (Fsp3) is 0.812. The predicted octanol–water partition coefficient (Wildman–Crippen LogP) is -4.48. The average Bonchev–Trinajstić information content (AvgIpc) is 2.71. The zero-order chi connectivity index (χ0) is 21.7. The van der Waals surface area contributed by atoms with Gasteiger partial charge in [-0.15, -0.1) is 0 Å². The third-order valence-electron chi connectivity index (χ3n) is 4.63. The highest BCUT2D eigenvalue weighted by Gasteiger charge is 2.50. The van der Waals surface area contributed by atoms with Crippen molar-refractivity contribution in [2.75, 3.05) is 19.8 Å². The molecule has 0 bridgehead atoms. The molecule has 2 fully saturated rings. The summed E-state index contributed by atoms with van der Waals surface area (Å²) >= 11 is 0. The standard InChI is InChI=1S/C16H27NO12/c1-2-3-26-16(25)17-8-10(21)13(7(5-19)27-14(8)24)29-15-12(23)11(22)9(20)6(4-18)28-15/h2,6-15,18-24H,1,3-5H2,(H,17,25)/t6?,7?,8?,9-,10+,11-,12?,13+,14?,15-/m0/s1. The van der Waals surface area contributed by atoms with E-state index < -0.39 is 80.7 Å². The van der Waals surface area contributed by atoms with Gasteiger partial charge in [0.05, 0.1) is 13.2 Å².